The molecule has 3 atom stereocenters. The van der Waals surface area contributed by atoms with E-state index in [2.05, 4.69) is 15.9 Å². The summed E-state index contributed by atoms with van der Waals surface area (Å²) in [6, 6.07) is 8.25. The van der Waals surface area contributed by atoms with E-state index >= 15 is 0 Å². The molecule has 0 radical (unpaired) electrons. The summed E-state index contributed by atoms with van der Waals surface area (Å²) in [4.78, 5) is 23.9. The molecular formula is C20H15BrF5NO4. The molecule has 2 aromatic carbocycles. The minimum Gasteiger partial charge on any atom is -0.481 e. The smallest absolute Gasteiger partial charge is 0.471 e. The molecule has 0 aromatic heterocycles. The molecule has 1 heterocycles. The second-order valence-electron chi connectivity index (χ2n) is 7.03. The topological polar surface area (TPSA) is 75.6 Å². The maximum Gasteiger partial charge on any atom is 0.471 e. The van der Waals surface area contributed by atoms with Gasteiger partial charge in [-0.2, -0.15) is 13.2 Å². The van der Waals surface area contributed by atoms with Gasteiger partial charge in [-0.3, -0.25) is 9.59 Å². The lowest BCUT2D eigenvalue weighted by molar-refractivity contribution is -0.183. The Morgan fingerprint density at radius 1 is 1.13 bits per heavy atom. The Morgan fingerprint density at radius 2 is 1.77 bits per heavy atom. The van der Waals surface area contributed by atoms with Crippen LogP contribution in [0.4, 0.5) is 22.0 Å². The number of carbonyl (C=O) groups is 2. The van der Waals surface area contributed by atoms with Crippen molar-refractivity contribution < 1.29 is 41.4 Å². The van der Waals surface area contributed by atoms with Gasteiger partial charge in [0.1, 0.15) is 17.2 Å². The molecule has 1 aliphatic heterocycles. The highest BCUT2D eigenvalue weighted by molar-refractivity contribution is 9.10. The Hall–Kier alpha value is -2.53. The molecule has 0 aliphatic carbocycles. The van der Waals surface area contributed by atoms with Crippen molar-refractivity contribution in [1.29, 1.82) is 0 Å². The predicted molar refractivity (Wildman–Crippen MR) is 101 cm³/mol. The van der Waals surface area contributed by atoms with E-state index in [1.54, 1.807) is 5.32 Å². The average Bonchev–Trinajstić information content (AvgIpc) is 2.69. The summed E-state index contributed by atoms with van der Waals surface area (Å²) >= 11 is 3.08. The van der Waals surface area contributed by atoms with E-state index in [-0.39, 0.29) is 4.47 Å². The second kappa shape index (κ2) is 8.54. The van der Waals surface area contributed by atoms with Crippen molar-refractivity contribution in [2.45, 2.75) is 24.2 Å². The van der Waals surface area contributed by atoms with Crippen LogP contribution in [0.3, 0.4) is 0 Å². The highest BCUT2D eigenvalue weighted by atomic mass is 79.9. The molecule has 0 bridgehead atoms. The zero-order valence-corrected chi connectivity index (χ0v) is 17.1. The van der Waals surface area contributed by atoms with Crippen LogP contribution in [0.15, 0.2) is 46.9 Å². The molecule has 0 unspecified atom stereocenters. The lowest BCUT2D eigenvalue weighted by Gasteiger charge is -2.45. The van der Waals surface area contributed by atoms with Crippen LogP contribution < -0.4 is 5.32 Å². The minimum atomic E-state index is -5.34. The van der Waals surface area contributed by atoms with Crippen molar-refractivity contribution in [3.05, 3.63) is 69.7 Å². The number of carbonyl (C=O) groups excluding carboxylic acids is 1. The number of aliphatic carboxylic acids is 1. The van der Waals surface area contributed by atoms with E-state index in [4.69, 9.17) is 4.74 Å². The van der Waals surface area contributed by atoms with Crippen molar-refractivity contribution in [2.75, 3.05) is 6.61 Å². The predicted octanol–water partition coefficient (Wildman–Crippen LogP) is 4.46. The molecule has 1 amide bonds. The Labute approximate surface area is 181 Å². The highest BCUT2D eigenvalue weighted by Crippen LogP contribution is 2.45. The second-order valence-corrected chi connectivity index (χ2v) is 7.94. The Bertz CT molecular complexity index is 998. The summed E-state index contributed by atoms with van der Waals surface area (Å²) in [5.41, 5.74) is -2.43. The normalized spacial score (nSPS) is 23.9. The van der Waals surface area contributed by atoms with E-state index in [1.165, 1.54) is 18.2 Å². The zero-order valence-electron chi connectivity index (χ0n) is 15.6. The fourth-order valence-electron chi connectivity index (χ4n) is 3.61. The number of rotatable bonds is 4. The molecule has 0 spiro atoms. The van der Waals surface area contributed by atoms with Gasteiger partial charge in [-0.25, -0.2) is 8.78 Å². The average molecular weight is 508 g/mol. The summed E-state index contributed by atoms with van der Waals surface area (Å²) in [6.45, 7) is -0.763. The number of carboxylic acid groups (broad SMARTS) is 1. The van der Waals surface area contributed by atoms with E-state index in [9.17, 15) is 36.6 Å². The number of benzene rings is 2. The summed E-state index contributed by atoms with van der Waals surface area (Å²) in [7, 11) is 0. The monoisotopic (exact) mass is 507 g/mol. The maximum atomic E-state index is 14.7. The summed E-state index contributed by atoms with van der Waals surface area (Å²) in [5.74, 6) is -7.23. The van der Waals surface area contributed by atoms with Gasteiger partial charge in [0.2, 0.25) is 0 Å². The zero-order chi connectivity index (χ0) is 23.0. The summed E-state index contributed by atoms with van der Waals surface area (Å²) < 4.78 is 72.9. The lowest BCUT2D eigenvalue weighted by Crippen LogP contribution is -2.61. The number of amides is 1. The Balaban J connectivity index is 2.10. The number of hydrogen-bond acceptors (Lipinski definition) is 3. The van der Waals surface area contributed by atoms with E-state index < -0.39 is 65.8 Å². The van der Waals surface area contributed by atoms with Crippen LogP contribution in [-0.4, -0.2) is 29.8 Å². The van der Waals surface area contributed by atoms with Gasteiger partial charge >= 0.3 is 18.1 Å². The van der Waals surface area contributed by atoms with Crippen molar-refractivity contribution in [3.63, 3.8) is 0 Å². The van der Waals surface area contributed by atoms with Gasteiger partial charge in [-0.1, -0.05) is 28.1 Å². The highest BCUT2D eigenvalue weighted by Gasteiger charge is 2.55. The molecule has 166 valence electrons. The SMILES string of the molecule is O=C(O)[C@@H]1C[C@H](c2ccc(F)cc2)OC[C@@]1(NC(=O)C(F)(F)F)c1cc(Br)ccc1F. The minimum absolute atomic E-state index is 0.259. The van der Waals surface area contributed by atoms with Gasteiger partial charge in [0.25, 0.3) is 0 Å². The molecule has 2 N–H and O–H groups in total. The molecule has 1 saturated heterocycles. The van der Waals surface area contributed by atoms with Crippen LogP contribution in [0.5, 0.6) is 0 Å². The number of halogens is 6. The molecule has 3 rings (SSSR count). The maximum absolute atomic E-state index is 14.7. The first-order valence-corrected chi connectivity index (χ1v) is 9.68. The van der Waals surface area contributed by atoms with Crippen LogP contribution in [0, 0.1) is 17.6 Å². The summed E-state index contributed by atoms with van der Waals surface area (Å²) in [5, 5.41) is 11.5. The van der Waals surface area contributed by atoms with Crippen LogP contribution in [0.25, 0.3) is 0 Å². The van der Waals surface area contributed by atoms with Crippen LogP contribution >= 0.6 is 15.9 Å². The number of ether oxygens (including phenoxy) is 1. The summed E-state index contributed by atoms with van der Waals surface area (Å²) in [6.07, 6.45) is -6.66. The number of carboxylic acids is 1. The third-order valence-corrected chi connectivity index (χ3v) is 5.59. The molecule has 11 heteroatoms. The van der Waals surface area contributed by atoms with Gasteiger partial charge in [-0.15, -0.1) is 0 Å². The first-order chi connectivity index (χ1) is 14.4. The quantitative estimate of drug-likeness (QED) is 0.599. The first kappa shape index (κ1) is 23.1. The van der Waals surface area contributed by atoms with Gasteiger partial charge in [0.05, 0.1) is 18.6 Å². The Morgan fingerprint density at radius 3 is 2.35 bits per heavy atom. The molecule has 31 heavy (non-hydrogen) atoms. The van der Waals surface area contributed by atoms with Crippen molar-refractivity contribution in [1.82, 2.24) is 5.32 Å². The molecule has 2 aromatic rings. The van der Waals surface area contributed by atoms with E-state index in [1.807, 2.05) is 0 Å². The molecule has 0 saturated carbocycles. The largest absolute Gasteiger partial charge is 0.481 e. The fraction of sp³-hybridized carbons (Fsp3) is 0.300. The van der Waals surface area contributed by atoms with Crippen LogP contribution in [-0.2, 0) is 19.9 Å². The number of nitrogens with one attached hydrogen (secondary N) is 1. The first-order valence-electron chi connectivity index (χ1n) is 8.89. The number of hydrogen-bond donors (Lipinski definition) is 2. The third kappa shape index (κ3) is 4.72. The van der Waals surface area contributed by atoms with Crippen molar-refractivity contribution in [3.8, 4) is 0 Å². The van der Waals surface area contributed by atoms with Crippen LogP contribution in [0.1, 0.15) is 23.7 Å². The lowest BCUT2D eigenvalue weighted by atomic mass is 9.72. The third-order valence-electron chi connectivity index (χ3n) is 5.10. The van der Waals surface area contributed by atoms with Crippen molar-refractivity contribution >= 4 is 27.8 Å². The Kier molecular flexibility index (Phi) is 6.38. The van der Waals surface area contributed by atoms with Crippen molar-refractivity contribution in [2.24, 2.45) is 5.92 Å². The van der Waals surface area contributed by atoms with Gasteiger partial charge < -0.3 is 15.2 Å². The van der Waals surface area contributed by atoms with E-state index in [0.717, 1.165) is 24.3 Å². The molecule has 5 nitrogen and oxygen atoms in total. The number of alkyl halides is 3. The van der Waals surface area contributed by atoms with Gasteiger partial charge in [-0.05, 0) is 42.3 Å². The molecule has 1 fully saturated rings. The molecule has 1 aliphatic rings. The molecular weight excluding hydrogens is 493 g/mol. The fourth-order valence-corrected chi connectivity index (χ4v) is 3.97. The van der Waals surface area contributed by atoms with E-state index in [0.29, 0.717) is 5.56 Å². The van der Waals surface area contributed by atoms with Crippen LogP contribution in [0.2, 0.25) is 0 Å². The standard InChI is InChI=1S/C20H15BrF5NO4/c21-11-3-6-15(23)13(7-11)19(27-18(30)20(24,25)26)9-31-16(8-14(19)17(28)29)10-1-4-12(22)5-2-10/h1-7,14,16H,8-9H2,(H,27,30)(H,28,29)/t14-,16+,19+/m0/s1. The van der Waals surface area contributed by atoms with Gasteiger partial charge in [0, 0.05) is 10.0 Å². The van der Waals surface area contributed by atoms with Gasteiger partial charge in [0.15, 0.2) is 0 Å².